The minimum atomic E-state index is -3.50. The normalized spacial score (nSPS) is 14.0. The molecule has 2 aromatic rings. The van der Waals surface area contributed by atoms with Gasteiger partial charge in [-0.05, 0) is 67.1 Å². The minimum Gasteiger partial charge on any atom is -0.326 e. The molecule has 0 radical (unpaired) electrons. The van der Waals surface area contributed by atoms with Crippen molar-refractivity contribution in [1.82, 2.24) is 0 Å². The number of sulfone groups is 1. The number of aryl methyl sites for hydroxylation is 1. The second-order valence-electron chi connectivity index (χ2n) is 6.22. The number of halogens is 1. The van der Waals surface area contributed by atoms with Crippen LogP contribution in [0.15, 0.2) is 47.4 Å². The van der Waals surface area contributed by atoms with E-state index in [0.717, 1.165) is 24.9 Å². The molecule has 2 aromatic carbocycles. The fourth-order valence-electron chi connectivity index (χ4n) is 3.10. The Kier molecular flexibility index (Phi) is 5.45. The van der Waals surface area contributed by atoms with Crippen LogP contribution in [-0.4, -0.2) is 20.1 Å². The highest BCUT2D eigenvalue weighted by Gasteiger charge is 2.18. The summed E-state index contributed by atoms with van der Waals surface area (Å²) in [5, 5.41) is 3.36. The molecule has 3 rings (SSSR count). The van der Waals surface area contributed by atoms with Crippen LogP contribution in [0.4, 0.5) is 5.69 Å². The van der Waals surface area contributed by atoms with Crippen molar-refractivity contribution in [2.75, 3.05) is 11.1 Å². The molecule has 0 fully saturated rings. The molecule has 4 nitrogen and oxygen atoms in total. The summed E-state index contributed by atoms with van der Waals surface area (Å²) in [7, 11) is -3.50. The van der Waals surface area contributed by atoms with E-state index in [2.05, 4.69) is 11.4 Å². The van der Waals surface area contributed by atoms with Crippen LogP contribution in [-0.2, 0) is 27.5 Å². The summed E-state index contributed by atoms with van der Waals surface area (Å²) in [6.45, 7) is 0. The highest BCUT2D eigenvalue weighted by Crippen LogP contribution is 2.28. The number of carbonyl (C=O) groups excluding carboxylic acids is 1. The predicted octanol–water partition coefficient (Wildman–Crippen LogP) is 4.02. The summed E-state index contributed by atoms with van der Waals surface area (Å²) >= 11 is 5.78. The van der Waals surface area contributed by atoms with Gasteiger partial charge in [-0.1, -0.05) is 23.7 Å². The standard InChI is InChI=1S/C19H20ClNO3S/c20-15-8-10-16(11-9-15)25(23,24)13-12-19(22)21-18-7-3-5-14-4-1-2-6-17(14)18/h3,5,7-11H,1-2,4,6,12-13H2,(H,21,22). The van der Waals surface area contributed by atoms with Crippen molar-refractivity contribution in [2.24, 2.45) is 0 Å². The third kappa shape index (κ3) is 4.41. The highest BCUT2D eigenvalue weighted by atomic mass is 35.5. The molecular formula is C19H20ClNO3S. The average molecular weight is 378 g/mol. The Morgan fingerprint density at radius 3 is 2.52 bits per heavy atom. The van der Waals surface area contributed by atoms with Gasteiger partial charge >= 0.3 is 0 Å². The second-order valence-corrected chi connectivity index (χ2v) is 8.77. The van der Waals surface area contributed by atoms with E-state index >= 15 is 0 Å². The first-order valence-electron chi connectivity index (χ1n) is 8.35. The quantitative estimate of drug-likeness (QED) is 0.855. The monoisotopic (exact) mass is 377 g/mol. The largest absolute Gasteiger partial charge is 0.326 e. The Morgan fingerprint density at radius 1 is 1.04 bits per heavy atom. The molecule has 0 bridgehead atoms. The number of benzene rings is 2. The van der Waals surface area contributed by atoms with Gasteiger partial charge in [0.25, 0.3) is 0 Å². The molecule has 0 heterocycles. The van der Waals surface area contributed by atoms with Gasteiger partial charge in [0.1, 0.15) is 0 Å². The number of anilines is 1. The molecular weight excluding hydrogens is 358 g/mol. The van der Waals surface area contributed by atoms with Crippen molar-refractivity contribution in [3.05, 3.63) is 58.6 Å². The lowest BCUT2D eigenvalue weighted by Gasteiger charge is -2.19. The second kappa shape index (κ2) is 7.58. The Labute approximate surface area is 153 Å². The van der Waals surface area contributed by atoms with Gasteiger partial charge in [0.15, 0.2) is 9.84 Å². The number of nitrogens with one attached hydrogen (secondary N) is 1. The van der Waals surface area contributed by atoms with Gasteiger partial charge < -0.3 is 5.32 Å². The van der Waals surface area contributed by atoms with E-state index < -0.39 is 9.84 Å². The SMILES string of the molecule is O=C(CCS(=O)(=O)c1ccc(Cl)cc1)Nc1cccc2c1CCCC2. The number of amides is 1. The summed E-state index contributed by atoms with van der Waals surface area (Å²) in [5.74, 6) is -0.508. The first-order chi connectivity index (χ1) is 12.0. The molecule has 1 aliphatic rings. The zero-order valence-electron chi connectivity index (χ0n) is 13.8. The zero-order chi connectivity index (χ0) is 17.9. The summed E-state index contributed by atoms with van der Waals surface area (Å²) < 4.78 is 24.6. The number of hydrogen-bond acceptors (Lipinski definition) is 3. The number of hydrogen-bond donors (Lipinski definition) is 1. The molecule has 1 N–H and O–H groups in total. The zero-order valence-corrected chi connectivity index (χ0v) is 15.4. The van der Waals surface area contributed by atoms with E-state index in [1.807, 2.05) is 12.1 Å². The fourth-order valence-corrected chi connectivity index (χ4v) is 4.46. The van der Waals surface area contributed by atoms with Crippen molar-refractivity contribution in [3.63, 3.8) is 0 Å². The van der Waals surface area contributed by atoms with Gasteiger partial charge in [0.2, 0.25) is 5.91 Å². The van der Waals surface area contributed by atoms with Crippen LogP contribution in [0.3, 0.4) is 0 Å². The fraction of sp³-hybridized carbons (Fsp3) is 0.316. The molecule has 132 valence electrons. The van der Waals surface area contributed by atoms with E-state index in [1.54, 1.807) is 0 Å². The number of carbonyl (C=O) groups is 1. The highest BCUT2D eigenvalue weighted by molar-refractivity contribution is 7.91. The minimum absolute atomic E-state index is 0.0748. The first-order valence-corrected chi connectivity index (χ1v) is 10.4. The summed E-state index contributed by atoms with van der Waals surface area (Å²) in [4.78, 5) is 12.4. The van der Waals surface area contributed by atoms with Crippen LogP contribution < -0.4 is 5.32 Å². The van der Waals surface area contributed by atoms with Crippen molar-refractivity contribution in [1.29, 1.82) is 0 Å². The molecule has 0 atom stereocenters. The van der Waals surface area contributed by atoms with Crippen LogP contribution in [0.1, 0.15) is 30.4 Å². The maximum atomic E-state index is 12.3. The van der Waals surface area contributed by atoms with Gasteiger partial charge in [-0.25, -0.2) is 8.42 Å². The lowest BCUT2D eigenvalue weighted by Crippen LogP contribution is -2.19. The Morgan fingerprint density at radius 2 is 1.76 bits per heavy atom. The maximum Gasteiger partial charge on any atom is 0.225 e. The average Bonchev–Trinajstić information content (AvgIpc) is 2.61. The molecule has 0 aliphatic heterocycles. The van der Waals surface area contributed by atoms with Crippen LogP contribution in [0, 0.1) is 0 Å². The Balaban J connectivity index is 1.64. The molecule has 1 aliphatic carbocycles. The van der Waals surface area contributed by atoms with Gasteiger partial charge in [-0.2, -0.15) is 0 Å². The molecule has 0 spiro atoms. The molecule has 25 heavy (non-hydrogen) atoms. The van der Waals surface area contributed by atoms with Crippen molar-refractivity contribution in [3.8, 4) is 0 Å². The van der Waals surface area contributed by atoms with E-state index in [9.17, 15) is 13.2 Å². The van der Waals surface area contributed by atoms with Crippen molar-refractivity contribution < 1.29 is 13.2 Å². The predicted molar refractivity (Wildman–Crippen MR) is 99.8 cm³/mol. The van der Waals surface area contributed by atoms with Crippen molar-refractivity contribution >= 4 is 33.0 Å². The van der Waals surface area contributed by atoms with E-state index in [4.69, 9.17) is 11.6 Å². The van der Waals surface area contributed by atoms with Crippen LogP contribution in [0.5, 0.6) is 0 Å². The first kappa shape index (κ1) is 18.0. The Hall–Kier alpha value is -1.85. The molecule has 0 aromatic heterocycles. The maximum absolute atomic E-state index is 12.3. The van der Waals surface area contributed by atoms with Crippen molar-refractivity contribution in [2.45, 2.75) is 37.0 Å². The van der Waals surface area contributed by atoms with Gasteiger partial charge in [-0.3, -0.25) is 4.79 Å². The molecule has 1 amide bonds. The van der Waals surface area contributed by atoms with E-state index in [1.165, 1.54) is 41.8 Å². The summed E-state index contributed by atoms with van der Waals surface area (Å²) in [6, 6.07) is 11.9. The molecule has 0 unspecified atom stereocenters. The molecule has 0 saturated heterocycles. The summed E-state index contributed by atoms with van der Waals surface area (Å²) in [6.07, 6.45) is 4.20. The lowest BCUT2D eigenvalue weighted by molar-refractivity contribution is -0.115. The van der Waals surface area contributed by atoms with Gasteiger partial charge in [-0.15, -0.1) is 0 Å². The third-order valence-electron chi connectivity index (χ3n) is 4.44. The number of fused-ring (bicyclic) bond motifs is 1. The molecule has 0 saturated carbocycles. The summed E-state index contributed by atoms with van der Waals surface area (Å²) in [5.41, 5.74) is 3.27. The topological polar surface area (TPSA) is 63.2 Å². The van der Waals surface area contributed by atoms with Gasteiger partial charge in [0, 0.05) is 17.1 Å². The van der Waals surface area contributed by atoms with Crippen LogP contribution in [0.2, 0.25) is 5.02 Å². The van der Waals surface area contributed by atoms with Crippen LogP contribution in [0.25, 0.3) is 0 Å². The van der Waals surface area contributed by atoms with Gasteiger partial charge in [0.05, 0.1) is 10.6 Å². The van der Waals surface area contributed by atoms with Crippen LogP contribution >= 0.6 is 11.6 Å². The number of rotatable bonds is 5. The lowest BCUT2D eigenvalue weighted by atomic mass is 9.90. The Bertz CT molecular complexity index is 876. The smallest absolute Gasteiger partial charge is 0.225 e. The molecule has 6 heteroatoms. The van der Waals surface area contributed by atoms with E-state index in [-0.39, 0.29) is 23.0 Å². The van der Waals surface area contributed by atoms with E-state index in [0.29, 0.717) is 5.02 Å². The third-order valence-corrected chi connectivity index (χ3v) is 6.42.